The van der Waals surface area contributed by atoms with E-state index in [2.05, 4.69) is 15.9 Å². The maximum atomic E-state index is 12.0. The van der Waals surface area contributed by atoms with Crippen molar-refractivity contribution in [3.63, 3.8) is 0 Å². The Hall–Kier alpha value is -2.63. The second kappa shape index (κ2) is 7.32. The van der Waals surface area contributed by atoms with Crippen molar-refractivity contribution in [1.29, 1.82) is 5.26 Å². The number of nitrogens with zero attached hydrogens (tertiary/aromatic N) is 3. The highest BCUT2D eigenvalue weighted by molar-refractivity contribution is 5.72. The van der Waals surface area contributed by atoms with Gasteiger partial charge in [-0.05, 0) is 31.5 Å². The number of aliphatic carboxylic acids is 1. The van der Waals surface area contributed by atoms with Crippen molar-refractivity contribution >= 4 is 11.9 Å². The monoisotopic (exact) mass is 399 g/mol. The lowest BCUT2D eigenvalue weighted by Gasteiger charge is -2.54. The number of ether oxygens (including phenoxy) is 2. The van der Waals surface area contributed by atoms with Crippen LogP contribution in [0.15, 0.2) is 18.2 Å². The normalized spacial score (nSPS) is 33.3. The smallest absolute Gasteiger partial charge is 0.308 e. The third-order valence-electron chi connectivity index (χ3n) is 6.76. The first-order valence-corrected chi connectivity index (χ1v) is 9.80. The van der Waals surface area contributed by atoms with Gasteiger partial charge in [0.25, 0.3) is 0 Å². The number of hydrogen-bond donors (Lipinski definition) is 1. The van der Waals surface area contributed by atoms with Crippen molar-refractivity contribution in [2.75, 3.05) is 20.8 Å². The fourth-order valence-electron chi connectivity index (χ4n) is 5.66. The number of nitriles is 1. The fraction of sp³-hybridized carbons (Fsp3) is 0.571. The number of methoxy groups -OCH3 is 1. The molecule has 1 aromatic carbocycles. The van der Waals surface area contributed by atoms with Crippen LogP contribution >= 0.6 is 0 Å². The minimum Gasteiger partial charge on any atom is -0.496 e. The molecule has 3 aliphatic heterocycles. The molecule has 29 heavy (non-hydrogen) atoms. The summed E-state index contributed by atoms with van der Waals surface area (Å²) in [6.45, 7) is 1.46. The van der Waals surface area contributed by atoms with Crippen molar-refractivity contribution in [2.45, 2.75) is 50.0 Å². The standard InChI is InChI=1S/C21H25N3O5/c1-11(25)29-10-17-19-12(5-4-6-18(19)28-3)7-15-20-13(21(26)27)8-14(23(20)2)16(9-22)24(15)17/h4-6,13-17,20H,7-8,10H2,1-3H3,(H,26,27)/t13-,14+,15+,16+,17+,20-/m1/s1. The van der Waals surface area contributed by atoms with Gasteiger partial charge in [-0.25, -0.2) is 0 Å². The molecule has 0 amide bonds. The maximum Gasteiger partial charge on any atom is 0.308 e. The lowest BCUT2D eigenvalue weighted by atomic mass is 9.80. The Labute approximate surface area is 169 Å². The molecule has 3 heterocycles. The van der Waals surface area contributed by atoms with Crippen LogP contribution in [0.1, 0.15) is 30.5 Å². The number of likely N-dealkylation sites (N-methyl/N-ethyl adjacent to an activating group) is 1. The lowest BCUT2D eigenvalue weighted by Crippen LogP contribution is -2.67. The molecule has 2 saturated heterocycles. The zero-order chi connectivity index (χ0) is 20.9. The van der Waals surface area contributed by atoms with E-state index in [1.807, 2.05) is 25.2 Å². The van der Waals surface area contributed by atoms with Gasteiger partial charge in [0.05, 0.1) is 25.1 Å². The second-order valence-electron chi connectivity index (χ2n) is 8.05. The number of esters is 1. The van der Waals surface area contributed by atoms with Gasteiger partial charge in [0.2, 0.25) is 0 Å². The first-order valence-electron chi connectivity index (χ1n) is 9.80. The van der Waals surface area contributed by atoms with E-state index >= 15 is 0 Å². The van der Waals surface area contributed by atoms with Gasteiger partial charge in [-0.3, -0.25) is 19.4 Å². The number of piperazine rings is 1. The summed E-state index contributed by atoms with van der Waals surface area (Å²) in [5.74, 6) is -1.05. The number of carboxylic acids is 1. The van der Waals surface area contributed by atoms with E-state index in [1.165, 1.54) is 6.92 Å². The predicted molar refractivity (Wildman–Crippen MR) is 102 cm³/mol. The number of benzene rings is 1. The van der Waals surface area contributed by atoms with Crippen molar-refractivity contribution < 1.29 is 24.2 Å². The highest BCUT2D eigenvalue weighted by atomic mass is 16.5. The van der Waals surface area contributed by atoms with Gasteiger partial charge in [-0.2, -0.15) is 5.26 Å². The van der Waals surface area contributed by atoms with Crippen LogP contribution in [0.3, 0.4) is 0 Å². The third-order valence-corrected chi connectivity index (χ3v) is 6.76. The summed E-state index contributed by atoms with van der Waals surface area (Å²) < 4.78 is 11.0. The summed E-state index contributed by atoms with van der Waals surface area (Å²) >= 11 is 0. The first kappa shape index (κ1) is 19.7. The van der Waals surface area contributed by atoms with Gasteiger partial charge in [0, 0.05) is 30.6 Å². The topological polar surface area (TPSA) is 103 Å². The van der Waals surface area contributed by atoms with Crippen molar-refractivity contribution in [3.8, 4) is 11.8 Å². The molecule has 1 aromatic rings. The van der Waals surface area contributed by atoms with E-state index < -0.39 is 23.9 Å². The van der Waals surface area contributed by atoms with Crippen LogP contribution < -0.4 is 4.74 Å². The van der Waals surface area contributed by atoms with Crippen LogP contribution in [0, 0.1) is 17.2 Å². The molecule has 154 valence electrons. The maximum absolute atomic E-state index is 12.0. The molecule has 0 aliphatic carbocycles. The fourth-order valence-corrected chi connectivity index (χ4v) is 5.66. The van der Waals surface area contributed by atoms with E-state index in [0.29, 0.717) is 18.6 Å². The third kappa shape index (κ3) is 2.96. The summed E-state index contributed by atoms with van der Waals surface area (Å²) in [5.41, 5.74) is 1.96. The highest BCUT2D eigenvalue weighted by Gasteiger charge is 2.59. The summed E-state index contributed by atoms with van der Waals surface area (Å²) in [7, 11) is 3.52. The van der Waals surface area contributed by atoms with E-state index in [9.17, 15) is 20.0 Å². The van der Waals surface area contributed by atoms with Gasteiger partial charge in [-0.1, -0.05) is 12.1 Å². The summed E-state index contributed by atoms with van der Waals surface area (Å²) in [4.78, 5) is 27.7. The number of carboxylic acid groups (broad SMARTS) is 1. The van der Waals surface area contributed by atoms with E-state index in [-0.39, 0.29) is 30.8 Å². The minimum absolute atomic E-state index is 0.0955. The molecular weight excluding hydrogens is 374 g/mol. The quantitative estimate of drug-likeness (QED) is 0.754. The average Bonchev–Trinajstić information content (AvgIpc) is 2.95. The molecule has 3 aliphatic rings. The first-order chi connectivity index (χ1) is 13.9. The van der Waals surface area contributed by atoms with Crippen LogP contribution in [0.2, 0.25) is 0 Å². The Morgan fingerprint density at radius 2 is 2.10 bits per heavy atom. The molecule has 0 unspecified atom stereocenters. The molecule has 6 atom stereocenters. The van der Waals surface area contributed by atoms with Gasteiger partial charge < -0.3 is 14.6 Å². The van der Waals surface area contributed by atoms with Crippen molar-refractivity contribution in [3.05, 3.63) is 29.3 Å². The molecule has 2 bridgehead atoms. The molecule has 0 radical (unpaired) electrons. The molecule has 8 heteroatoms. The Morgan fingerprint density at radius 3 is 2.72 bits per heavy atom. The summed E-state index contributed by atoms with van der Waals surface area (Å²) in [6, 6.07) is 6.80. The second-order valence-corrected chi connectivity index (χ2v) is 8.05. The van der Waals surface area contributed by atoms with Gasteiger partial charge in [0.15, 0.2) is 0 Å². The van der Waals surface area contributed by atoms with Crippen LogP contribution in [-0.4, -0.2) is 71.8 Å². The van der Waals surface area contributed by atoms with Crippen LogP contribution in [0.4, 0.5) is 0 Å². The molecule has 8 nitrogen and oxygen atoms in total. The molecular formula is C21H25N3O5. The zero-order valence-electron chi connectivity index (χ0n) is 16.7. The summed E-state index contributed by atoms with van der Waals surface area (Å²) in [5, 5.41) is 19.9. The Bertz CT molecular complexity index is 882. The molecule has 0 saturated carbocycles. The van der Waals surface area contributed by atoms with Gasteiger partial charge in [-0.15, -0.1) is 0 Å². The van der Waals surface area contributed by atoms with Crippen LogP contribution in [0.5, 0.6) is 5.75 Å². The van der Waals surface area contributed by atoms with Crippen LogP contribution in [-0.2, 0) is 20.7 Å². The predicted octanol–water partition coefficient (Wildman–Crippen LogP) is 1.21. The average molecular weight is 399 g/mol. The van der Waals surface area contributed by atoms with E-state index in [0.717, 1.165) is 11.1 Å². The highest BCUT2D eigenvalue weighted by Crippen LogP contribution is 2.49. The number of hydrogen-bond acceptors (Lipinski definition) is 7. The molecule has 2 fully saturated rings. The molecule has 4 rings (SSSR count). The van der Waals surface area contributed by atoms with Crippen LogP contribution in [0.25, 0.3) is 0 Å². The molecule has 1 N–H and O–H groups in total. The van der Waals surface area contributed by atoms with E-state index in [4.69, 9.17) is 9.47 Å². The van der Waals surface area contributed by atoms with E-state index in [1.54, 1.807) is 7.11 Å². The zero-order valence-corrected chi connectivity index (χ0v) is 16.7. The summed E-state index contributed by atoms with van der Waals surface area (Å²) in [6.07, 6.45) is 1.06. The number of fused-ring (bicyclic) bond motifs is 5. The SMILES string of the molecule is COc1cccc2c1[C@H](COC(C)=O)N1[C@@H](C#N)[C@@H]3C[C@@H](C(=O)O)[C@H]([C@@H]1C2)N3C. The number of carbonyl (C=O) groups excluding carboxylic acids is 1. The Morgan fingerprint density at radius 1 is 1.34 bits per heavy atom. The number of rotatable bonds is 4. The Kier molecular flexibility index (Phi) is 4.97. The largest absolute Gasteiger partial charge is 0.496 e. The molecule has 0 aromatic heterocycles. The Balaban J connectivity index is 1.85. The van der Waals surface area contributed by atoms with Gasteiger partial charge in [0.1, 0.15) is 18.4 Å². The lowest BCUT2D eigenvalue weighted by molar-refractivity contribution is -0.146. The minimum atomic E-state index is -0.823. The number of carbonyl (C=O) groups is 2. The van der Waals surface area contributed by atoms with Crippen molar-refractivity contribution in [1.82, 2.24) is 9.80 Å². The van der Waals surface area contributed by atoms with Crippen molar-refractivity contribution in [2.24, 2.45) is 5.92 Å². The molecule has 0 spiro atoms. The van der Waals surface area contributed by atoms with Gasteiger partial charge >= 0.3 is 11.9 Å².